The molecule has 1 aromatic rings. The summed E-state index contributed by atoms with van der Waals surface area (Å²) in [6.07, 6.45) is 0.939. The van der Waals surface area contributed by atoms with E-state index < -0.39 is 0 Å². The zero-order valence-corrected chi connectivity index (χ0v) is 9.75. The SMILES string of the molecule is Cc1cc(C(C)C)nc(NCCCN)n1. The molecule has 0 radical (unpaired) electrons. The first-order valence-electron chi connectivity index (χ1n) is 5.43. The number of hydrogen-bond acceptors (Lipinski definition) is 4. The van der Waals surface area contributed by atoms with E-state index in [2.05, 4.69) is 29.1 Å². The summed E-state index contributed by atoms with van der Waals surface area (Å²) in [7, 11) is 0. The van der Waals surface area contributed by atoms with Crippen LogP contribution < -0.4 is 11.1 Å². The van der Waals surface area contributed by atoms with Crippen LogP contribution in [-0.2, 0) is 0 Å². The standard InChI is InChI=1S/C11H20N4/c1-8(2)10-7-9(3)14-11(15-10)13-6-4-5-12/h7-8H,4-6,12H2,1-3H3,(H,13,14,15). The summed E-state index contributed by atoms with van der Waals surface area (Å²) in [4.78, 5) is 8.77. The molecule has 1 aromatic heterocycles. The van der Waals surface area contributed by atoms with Gasteiger partial charge in [0.1, 0.15) is 0 Å². The van der Waals surface area contributed by atoms with Gasteiger partial charge < -0.3 is 11.1 Å². The van der Waals surface area contributed by atoms with Crippen LogP contribution in [0.3, 0.4) is 0 Å². The second-order valence-electron chi connectivity index (χ2n) is 3.98. The number of hydrogen-bond donors (Lipinski definition) is 2. The summed E-state index contributed by atoms with van der Waals surface area (Å²) < 4.78 is 0. The van der Waals surface area contributed by atoms with Gasteiger partial charge in [-0.1, -0.05) is 13.8 Å². The maximum absolute atomic E-state index is 5.42. The molecule has 0 aliphatic rings. The molecule has 0 aromatic carbocycles. The van der Waals surface area contributed by atoms with Crippen molar-refractivity contribution < 1.29 is 0 Å². The van der Waals surface area contributed by atoms with Crippen LogP contribution in [0.25, 0.3) is 0 Å². The zero-order valence-electron chi connectivity index (χ0n) is 9.75. The molecule has 3 N–H and O–H groups in total. The molecule has 1 rings (SSSR count). The number of anilines is 1. The highest BCUT2D eigenvalue weighted by Gasteiger charge is 2.04. The Balaban J connectivity index is 2.71. The molecule has 0 aliphatic carbocycles. The molecular formula is C11H20N4. The van der Waals surface area contributed by atoms with Crippen molar-refractivity contribution >= 4 is 5.95 Å². The lowest BCUT2D eigenvalue weighted by molar-refractivity contribution is 0.802. The summed E-state index contributed by atoms with van der Waals surface area (Å²) in [5.41, 5.74) is 7.50. The molecule has 1 heterocycles. The summed E-state index contributed by atoms with van der Waals surface area (Å²) in [6, 6.07) is 2.03. The van der Waals surface area contributed by atoms with E-state index in [-0.39, 0.29) is 0 Å². The van der Waals surface area contributed by atoms with Crippen LogP contribution in [0.1, 0.15) is 37.6 Å². The molecule has 0 spiro atoms. The molecule has 0 atom stereocenters. The van der Waals surface area contributed by atoms with Crippen molar-refractivity contribution in [1.29, 1.82) is 0 Å². The molecule has 0 saturated carbocycles. The molecular weight excluding hydrogens is 188 g/mol. The van der Waals surface area contributed by atoms with E-state index in [9.17, 15) is 0 Å². The fraction of sp³-hybridized carbons (Fsp3) is 0.636. The van der Waals surface area contributed by atoms with Crippen molar-refractivity contribution in [1.82, 2.24) is 9.97 Å². The van der Waals surface area contributed by atoms with E-state index in [1.54, 1.807) is 0 Å². The Morgan fingerprint density at radius 2 is 2.13 bits per heavy atom. The van der Waals surface area contributed by atoms with Crippen LogP contribution in [0.2, 0.25) is 0 Å². The fourth-order valence-electron chi connectivity index (χ4n) is 1.27. The Morgan fingerprint density at radius 1 is 1.40 bits per heavy atom. The van der Waals surface area contributed by atoms with Gasteiger partial charge in [-0.2, -0.15) is 0 Å². The Kier molecular flexibility index (Phi) is 4.49. The smallest absolute Gasteiger partial charge is 0.223 e. The maximum atomic E-state index is 5.42. The number of aryl methyl sites for hydroxylation is 1. The normalized spacial score (nSPS) is 10.7. The van der Waals surface area contributed by atoms with Crippen molar-refractivity contribution in [2.24, 2.45) is 5.73 Å². The van der Waals surface area contributed by atoms with Crippen molar-refractivity contribution in [2.45, 2.75) is 33.1 Å². The minimum atomic E-state index is 0.432. The van der Waals surface area contributed by atoms with Gasteiger partial charge >= 0.3 is 0 Å². The van der Waals surface area contributed by atoms with E-state index in [0.717, 1.165) is 24.4 Å². The van der Waals surface area contributed by atoms with Gasteiger partial charge in [0.25, 0.3) is 0 Å². The van der Waals surface area contributed by atoms with E-state index >= 15 is 0 Å². The first kappa shape index (κ1) is 11.9. The first-order chi connectivity index (χ1) is 7.13. The molecule has 0 aliphatic heterocycles. The molecule has 0 unspecified atom stereocenters. The predicted molar refractivity (Wildman–Crippen MR) is 63.0 cm³/mol. The number of nitrogens with two attached hydrogens (primary N) is 1. The molecule has 0 saturated heterocycles. The van der Waals surface area contributed by atoms with Gasteiger partial charge in [-0.3, -0.25) is 0 Å². The minimum absolute atomic E-state index is 0.432. The van der Waals surface area contributed by atoms with E-state index in [1.807, 2.05) is 13.0 Å². The van der Waals surface area contributed by atoms with Crippen LogP contribution >= 0.6 is 0 Å². The Hall–Kier alpha value is -1.16. The van der Waals surface area contributed by atoms with Crippen molar-refractivity contribution in [3.8, 4) is 0 Å². The van der Waals surface area contributed by atoms with E-state index in [4.69, 9.17) is 5.73 Å². The third-order valence-corrected chi connectivity index (χ3v) is 2.13. The quantitative estimate of drug-likeness (QED) is 0.722. The average molecular weight is 208 g/mol. The maximum Gasteiger partial charge on any atom is 0.223 e. The van der Waals surface area contributed by atoms with Gasteiger partial charge in [-0.15, -0.1) is 0 Å². The zero-order chi connectivity index (χ0) is 11.3. The predicted octanol–water partition coefficient (Wildman–Crippen LogP) is 1.67. The number of aromatic nitrogens is 2. The third kappa shape index (κ3) is 3.83. The summed E-state index contributed by atoms with van der Waals surface area (Å²) in [5.74, 6) is 1.15. The number of rotatable bonds is 5. The molecule has 0 bridgehead atoms. The van der Waals surface area contributed by atoms with Crippen molar-refractivity contribution in [3.63, 3.8) is 0 Å². The Bertz CT molecular complexity index is 309. The summed E-state index contributed by atoms with van der Waals surface area (Å²) in [5, 5.41) is 3.18. The fourth-order valence-corrected chi connectivity index (χ4v) is 1.27. The van der Waals surface area contributed by atoms with Crippen molar-refractivity contribution in [3.05, 3.63) is 17.5 Å². The van der Waals surface area contributed by atoms with Gasteiger partial charge in [-0.25, -0.2) is 9.97 Å². The summed E-state index contributed by atoms with van der Waals surface area (Å²) >= 11 is 0. The molecule has 0 fully saturated rings. The first-order valence-corrected chi connectivity index (χ1v) is 5.43. The highest BCUT2D eigenvalue weighted by Crippen LogP contribution is 2.14. The van der Waals surface area contributed by atoms with E-state index in [0.29, 0.717) is 18.4 Å². The largest absolute Gasteiger partial charge is 0.354 e. The van der Waals surface area contributed by atoms with Gasteiger partial charge in [0.05, 0.1) is 0 Å². The van der Waals surface area contributed by atoms with Gasteiger partial charge in [0.15, 0.2) is 0 Å². The van der Waals surface area contributed by atoms with Crippen LogP contribution in [-0.4, -0.2) is 23.1 Å². The molecule has 0 amide bonds. The van der Waals surface area contributed by atoms with Gasteiger partial charge in [0.2, 0.25) is 5.95 Å². The Labute approximate surface area is 91.3 Å². The second kappa shape index (κ2) is 5.66. The van der Waals surface area contributed by atoms with Gasteiger partial charge in [-0.05, 0) is 31.9 Å². The molecule has 84 valence electrons. The van der Waals surface area contributed by atoms with Crippen LogP contribution in [0.5, 0.6) is 0 Å². The molecule has 4 nitrogen and oxygen atoms in total. The third-order valence-electron chi connectivity index (χ3n) is 2.13. The minimum Gasteiger partial charge on any atom is -0.354 e. The van der Waals surface area contributed by atoms with Crippen molar-refractivity contribution in [2.75, 3.05) is 18.4 Å². The second-order valence-corrected chi connectivity index (χ2v) is 3.98. The monoisotopic (exact) mass is 208 g/mol. The lowest BCUT2D eigenvalue weighted by atomic mass is 10.1. The molecule has 4 heteroatoms. The van der Waals surface area contributed by atoms with Crippen LogP contribution in [0.4, 0.5) is 5.95 Å². The number of nitrogens with zero attached hydrogens (tertiary/aromatic N) is 2. The van der Waals surface area contributed by atoms with Crippen LogP contribution in [0, 0.1) is 6.92 Å². The topological polar surface area (TPSA) is 63.8 Å². The lowest BCUT2D eigenvalue weighted by Crippen LogP contribution is -2.11. The molecule has 15 heavy (non-hydrogen) atoms. The van der Waals surface area contributed by atoms with Gasteiger partial charge in [0, 0.05) is 17.9 Å². The highest BCUT2D eigenvalue weighted by atomic mass is 15.1. The number of nitrogens with one attached hydrogen (secondary N) is 1. The lowest BCUT2D eigenvalue weighted by Gasteiger charge is -2.09. The van der Waals surface area contributed by atoms with Crippen LogP contribution in [0.15, 0.2) is 6.07 Å². The Morgan fingerprint density at radius 3 is 2.73 bits per heavy atom. The average Bonchev–Trinajstić information content (AvgIpc) is 2.17. The highest BCUT2D eigenvalue weighted by molar-refractivity contribution is 5.28. The van der Waals surface area contributed by atoms with E-state index in [1.165, 1.54) is 0 Å². The summed E-state index contributed by atoms with van der Waals surface area (Å²) in [6.45, 7) is 7.77.